The van der Waals surface area contributed by atoms with E-state index in [0.29, 0.717) is 28.8 Å². The summed E-state index contributed by atoms with van der Waals surface area (Å²) in [5.74, 6) is 0.344. The third-order valence-electron chi connectivity index (χ3n) is 5.29. The lowest BCUT2D eigenvalue weighted by Gasteiger charge is -2.34. The number of hydrogen-bond donors (Lipinski definition) is 0. The number of rotatable bonds is 3. The zero-order chi connectivity index (χ0) is 20.7. The van der Waals surface area contributed by atoms with E-state index in [1.807, 2.05) is 17.6 Å². The summed E-state index contributed by atoms with van der Waals surface area (Å²) in [6, 6.07) is 5.59. The summed E-state index contributed by atoms with van der Waals surface area (Å²) in [5.41, 5.74) is 2.70. The van der Waals surface area contributed by atoms with Gasteiger partial charge in [0.2, 0.25) is 5.82 Å². The van der Waals surface area contributed by atoms with Crippen LogP contribution in [0.5, 0.6) is 5.75 Å². The van der Waals surface area contributed by atoms with Gasteiger partial charge in [0.05, 0.1) is 47.2 Å². The minimum atomic E-state index is -0.257. The molecule has 2 aromatic heterocycles. The number of amides is 1. The summed E-state index contributed by atoms with van der Waals surface area (Å²) in [4.78, 5) is 23.0. The van der Waals surface area contributed by atoms with Crippen LogP contribution in [0.2, 0.25) is 10.0 Å². The predicted octanol–water partition coefficient (Wildman–Crippen LogP) is 4.03. The van der Waals surface area contributed by atoms with Crippen LogP contribution in [0, 0.1) is 11.3 Å². The lowest BCUT2D eigenvalue weighted by atomic mass is 9.96. The SMILES string of the molecule is COc1cnc(C(=O)N2CCc3c(c4ccc(Cl)c(Cl)c4n3CC#N)[C@H]2C)nc1. The van der Waals surface area contributed by atoms with E-state index in [1.165, 1.54) is 19.5 Å². The minimum Gasteiger partial charge on any atom is -0.494 e. The molecule has 0 bridgehead atoms. The van der Waals surface area contributed by atoms with Crippen molar-refractivity contribution >= 4 is 40.0 Å². The summed E-state index contributed by atoms with van der Waals surface area (Å²) in [6.45, 7) is 2.60. The standard InChI is InChI=1S/C20H17Cl2N5O2/c1-11-16-13-3-4-14(21)17(22)18(13)27(8-6-23)15(16)5-7-26(11)20(28)19-24-9-12(29-2)10-25-19/h3-4,9-11H,5,7-8H2,1-2H3/t11-/m1/s1. The van der Waals surface area contributed by atoms with Gasteiger partial charge >= 0.3 is 0 Å². The Bertz CT molecular complexity index is 1150. The van der Waals surface area contributed by atoms with Crippen LogP contribution in [-0.4, -0.2) is 39.0 Å². The first-order valence-corrected chi connectivity index (χ1v) is 9.76. The molecule has 1 aliphatic heterocycles. The van der Waals surface area contributed by atoms with E-state index in [1.54, 1.807) is 11.0 Å². The number of hydrogen-bond acceptors (Lipinski definition) is 5. The van der Waals surface area contributed by atoms with Gasteiger partial charge in [-0.2, -0.15) is 5.26 Å². The molecule has 0 saturated carbocycles. The molecule has 0 fully saturated rings. The van der Waals surface area contributed by atoms with Gasteiger partial charge in [-0.15, -0.1) is 0 Å². The Morgan fingerprint density at radius 3 is 2.72 bits per heavy atom. The fourth-order valence-electron chi connectivity index (χ4n) is 3.95. The molecule has 0 unspecified atom stereocenters. The van der Waals surface area contributed by atoms with E-state index in [0.717, 1.165) is 22.2 Å². The van der Waals surface area contributed by atoms with Crippen LogP contribution in [-0.2, 0) is 13.0 Å². The number of nitriles is 1. The molecule has 3 heterocycles. The Morgan fingerprint density at radius 1 is 1.34 bits per heavy atom. The van der Waals surface area contributed by atoms with Crippen LogP contribution in [0.1, 0.15) is 34.8 Å². The number of carbonyl (C=O) groups is 1. The molecule has 9 heteroatoms. The van der Waals surface area contributed by atoms with Gasteiger partial charge < -0.3 is 14.2 Å². The van der Waals surface area contributed by atoms with Gasteiger partial charge in [0, 0.05) is 29.6 Å². The number of ether oxygens (including phenoxy) is 1. The van der Waals surface area contributed by atoms with Crippen LogP contribution >= 0.6 is 23.2 Å². The fraction of sp³-hybridized carbons (Fsp3) is 0.300. The Morgan fingerprint density at radius 2 is 2.07 bits per heavy atom. The molecule has 29 heavy (non-hydrogen) atoms. The number of benzene rings is 1. The first-order valence-electron chi connectivity index (χ1n) is 9.00. The Balaban J connectivity index is 1.80. The summed E-state index contributed by atoms with van der Waals surface area (Å²) >= 11 is 12.7. The minimum absolute atomic E-state index is 0.114. The number of methoxy groups -OCH3 is 1. The van der Waals surface area contributed by atoms with Gasteiger partial charge in [0.25, 0.3) is 5.91 Å². The predicted molar refractivity (Wildman–Crippen MR) is 109 cm³/mol. The maximum absolute atomic E-state index is 13.1. The molecule has 1 amide bonds. The Hall–Kier alpha value is -2.82. The highest BCUT2D eigenvalue weighted by molar-refractivity contribution is 6.45. The van der Waals surface area contributed by atoms with Gasteiger partial charge in [-0.3, -0.25) is 4.79 Å². The first kappa shape index (κ1) is 19.5. The molecular weight excluding hydrogens is 413 g/mol. The first-order chi connectivity index (χ1) is 14.0. The second-order valence-electron chi connectivity index (χ2n) is 6.73. The molecule has 0 aliphatic carbocycles. The molecule has 1 atom stereocenters. The van der Waals surface area contributed by atoms with Gasteiger partial charge in [0.1, 0.15) is 6.54 Å². The Kier molecular flexibility index (Phi) is 5.07. The van der Waals surface area contributed by atoms with Gasteiger partial charge in [-0.1, -0.05) is 29.3 Å². The van der Waals surface area contributed by atoms with Gasteiger partial charge in [-0.05, 0) is 13.0 Å². The van der Waals surface area contributed by atoms with Gasteiger partial charge in [-0.25, -0.2) is 9.97 Å². The van der Waals surface area contributed by atoms with Crippen molar-refractivity contribution in [3.05, 3.63) is 51.7 Å². The van der Waals surface area contributed by atoms with Gasteiger partial charge in [0.15, 0.2) is 5.75 Å². The zero-order valence-electron chi connectivity index (χ0n) is 15.8. The van der Waals surface area contributed by atoms with Crippen molar-refractivity contribution in [3.63, 3.8) is 0 Å². The van der Waals surface area contributed by atoms with E-state index in [-0.39, 0.29) is 24.3 Å². The number of aromatic nitrogens is 3. The average molecular weight is 430 g/mol. The topological polar surface area (TPSA) is 84.0 Å². The molecule has 1 aliphatic rings. The lowest BCUT2D eigenvalue weighted by molar-refractivity contribution is 0.0664. The molecule has 1 aromatic carbocycles. The second-order valence-corrected chi connectivity index (χ2v) is 7.52. The largest absolute Gasteiger partial charge is 0.494 e. The van der Waals surface area contributed by atoms with Crippen LogP contribution in [0.15, 0.2) is 24.5 Å². The van der Waals surface area contributed by atoms with Crippen LogP contribution in [0.3, 0.4) is 0 Å². The van der Waals surface area contributed by atoms with E-state index < -0.39 is 0 Å². The summed E-state index contributed by atoms with van der Waals surface area (Å²) in [5, 5.41) is 11.1. The van der Waals surface area contributed by atoms with Crippen molar-refractivity contribution in [1.29, 1.82) is 5.26 Å². The molecule has 4 rings (SSSR count). The maximum atomic E-state index is 13.1. The zero-order valence-corrected chi connectivity index (χ0v) is 17.3. The van der Waals surface area contributed by atoms with E-state index in [2.05, 4.69) is 16.0 Å². The van der Waals surface area contributed by atoms with E-state index in [9.17, 15) is 10.1 Å². The summed E-state index contributed by atoms with van der Waals surface area (Å²) < 4.78 is 6.96. The third kappa shape index (κ3) is 3.09. The number of halogens is 2. The van der Waals surface area contributed by atoms with E-state index in [4.69, 9.17) is 27.9 Å². The molecule has 0 N–H and O–H groups in total. The molecule has 148 valence electrons. The number of fused-ring (bicyclic) bond motifs is 3. The molecule has 0 spiro atoms. The van der Waals surface area contributed by atoms with Crippen LogP contribution < -0.4 is 4.74 Å². The highest BCUT2D eigenvalue weighted by Crippen LogP contribution is 2.42. The lowest BCUT2D eigenvalue weighted by Crippen LogP contribution is -2.39. The molecule has 3 aromatic rings. The van der Waals surface area contributed by atoms with Crippen LogP contribution in [0.25, 0.3) is 10.9 Å². The van der Waals surface area contributed by atoms with Crippen molar-refractivity contribution in [2.45, 2.75) is 25.9 Å². The highest BCUT2D eigenvalue weighted by Gasteiger charge is 2.34. The van der Waals surface area contributed by atoms with Crippen LogP contribution in [0.4, 0.5) is 0 Å². The molecule has 7 nitrogen and oxygen atoms in total. The third-order valence-corrected chi connectivity index (χ3v) is 6.08. The number of nitrogens with zero attached hydrogens (tertiary/aromatic N) is 5. The number of carbonyl (C=O) groups excluding carboxylic acids is 1. The Labute approximate surface area is 177 Å². The quantitative estimate of drug-likeness (QED) is 0.627. The van der Waals surface area contributed by atoms with E-state index >= 15 is 0 Å². The average Bonchev–Trinajstić information content (AvgIpc) is 3.06. The van der Waals surface area contributed by atoms with Crippen molar-refractivity contribution in [1.82, 2.24) is 19.4 Å². The van der Waals surface area contributed by atoms with Crippen molar-refractivity contribution in [2.75, 3.05) is 13.7 Å². The molecule has 0 radical (unpaired) electrons. The fourth-order valence-corrected chi connectivity index (χ4v) is 4.37. The van der Waals surface area contributed by atoms with Crippen molar-refractivity contribution < 1.29 is 9.53 Å². The van der Waals surface area contributed by atoms with Crippen molar-refractivity contribution in [3.8, 4) is 11.8 Å². The maximum Gasteiger partial charge on any atom is 0.292 e. The summed E-state index contributed by atoms with van der Waals surface area (Å²) in [6.07, 6.45) is 3.54. The smallest absolute Gasteiger partial charge is 0.292 e. The second kappa shape index (κ2) is 7.54. The monoisotopic (exact) mass is 429 g/mol. The molecule has 0 saturated heterocycles. The normalized spacial score (nSPS) is 15.8. The van der Waals surface area contributed by atoms with Crippen molar-refractivity contribution in [2.24, 2.45) is 0 Å². The summed E-state index contributed by atoms with van der Waals surface area (Å²) in [7, 11) is 1.52. The highest BCUT2D eigenvalue weighted by atomic mass is 35.5. The molecular formula is C20H17Cl2N5O2.